The highest BCUT2D eigenvalue weighted by Gasteiger charge is 2.29. The zero-order valence-electron chi connectivity index (χ0n) is 22.3. The molecule has 0 spiro atoms. The zero-order chi connectivity index (χ0) is 27.9. The van der Waals surface area contributed by atoms with Crippen LogP contribution in [0.25, 0.3) is 16.9 Å². The molecule has 4 rings (SSSR count). The molecule has 2 heterocycles. The molecule has 38 heavy (non-hydrogen) atoms. The Labute approximate surface area is 222 Å². The van der Waals surface area contributed by atoms with Gasteiger partial charge in [-0.05, 0) is 74.6 Å². The summed E-state index contributed by atoms with van der Waals surface area (Å²) in [4.78, 5) is 15.1. The molecular formula is C28H32N4O5S. The van der Waals surface area contributed by atoms with E-state index in [0.29, 0.717) is 16.9 Å². The number of hydrogen-bond acceptors (Lipinski definition) is 7. The van der Waals surface area contributed by atoms with Gasteiger partial charge in [-0.15, -0.1) is 0 Å². The van der Waals surface area contributed by atoms with E-state index in [2.05, 4.69) is 39.9 Å². The van der Waals surface area contributed by atoms with Gasteiger partial charge < -0.3 is 9.50 Å². The van der Waals surface area contributed by atoms with Crippen LogP contribution >= 0.6 is 0 Å². The number of nitrogens with zero attached hydrogens (tertiary/aromatic N) is 3. The van der Waals surface area contributed by atoms with E-state index in [1.54, 1.807) is 24.3 Å². The van der Waals surface area contributed by atoms with Crippen LogP contribution in [0.3, 0.4) is 0 Å². The number of aromatic nitrogens is 2. The molecule has 0 radical (unpaired) electrons. The maximum Gasteiger partial charge on any atom is 0.339 e. The van der Waals surface area contributed by atoms with Crippen molar-refractivity contribution in [2.24, 2.45) is 5.41 Å². The van der Waals surface area contributed by atoms with Crippen LogP contribution in [0.5, 0.6) is 5.75 Å². The molecule has 0 aliphatic heterocycles. The summed E-state index contributed by atoms with van der Waals surface area (Å²) in [6.07, 6.45) is 2.80. The van der Waals surface area contributed by atoms with Gasteiger partial charge in [-0.1, -0.05) is 32.9 Å². The third kappa shape index (κ3) is 5.96. The minimum atomic E-state index is -4.27. The number of nitrogens with one attached hydrogen (secondary N) is 1. The fourth-order valence-corrected chi connectivity index (χ4v) is 5.73. The number of para-hydroxylation sites is 1. The molecule has 1 N–H and O–H groups in total. The van der Waals surface area contributed by atoms with E-state index in [4.69, 9.17) is 9.17 Å². The summed E-state index contributed by atoms with van der Waals surface area (Å²) in [6, 6.07) is 15.3. The van der Waals surface area contributed by atoms with Gasteiger partial charge in [0.2, 0.25) is 0 Å². The number of pyridine rings is 1. The van der Waals surface area contributed by atoms with Gasteiger partial charge in [0.15, 0.2) is 5.75 Å². The van der Waals surface area contributed by atoms with E-state index < -0.39 is 15.0 Å². The molecule has 10 heteroatoms. The van der Waals surface area contributed by atoms with Gasteiger partial charge in [0, 0.05) is 29.4 Å². The fourth-order valence-electron chi connectivity index (χ4n) is 4.78. The van der Waals surface area contributed by atoms with Gasteiger partial charge in [0.25, 0.3) is 5.69 Å². The highest BCUT2D eigenvalue weighted by molar-refractivity contribution is 7.87. The number of non-ortho nitro benzene ring substituents is 1. The average Bonchev–Trinajstić information content (AvgIpc) is 3.14. The Morgan fingerprint density at radius 2 is 1.68 bits per heavy atom. The Morgan fingerprint density at radius 3 is 2.32 bits per heavy atom. The predicted molar refractivity (Wildman–Crippen MR) is 148 cm³/mol. The van der Waals surface area contributed by atoms with Crippen molar-refractivity contribution in [3.05, 3.63) is 82.5 Å². The molecule has 0 amide bonds. The fraction of sp³-hybridized carbons (Fsp3) is 0.321. The molecule has 0 bridgehead atoms. The summed E-state index contributed by atoms with van der Waals surface area (Å²) in [5.74, 6) is 0.820. The van der Waals surface area contributed by atoms with Crippen LogP contribution in [-0.2, 0) is 10.1 Å². The Bertz CT molecular complexity index is 1600. The lowest BCUT2D eigenvalue weighted by atomic mass is 9.82. The number of nitro benzene ring substituents is 1. The van der Waals surface area contributed by atoms with Gasteiger partial charge in [0.05, 0.1) is 4.92 Å². The van der Waals surface area contributed by atoms with Crippen molar-refractivity contribution in [3.8, 4) is 17.0 Å². The molecule has 0 saturated carbocycles. The van der Waals surface area contributed by atoms with Gasteiger partial charge in [-0.2, -0.15) is 8.42 Å². The van der Waals surface area contributed by atoms with E-state index >= 15 is 0 Å². The van der Waals surface area contributed by atoms with E-state index in [1.807, 2.05) is 29.7 Å². The van der Waals surface area contributed by atoms with Gasteiger partial charge in [-0.25, -0.2) is 4.98 Å². The minimum absolute atomic E-state index is 0.0631. The van der Waals surface area contributed by atoms with Crippen molar-refractivity contribution in [1.82, 2.24) is 9.38 Å². The maximum absolute atomic E-state index is 13.1. The first-order valence-corrected chi connectivity index (χ1v) is 13.6. The smallest absolute Gasteiger partial charge is 0.339 e. The van der Waals surface area contributed by atoms with Crippen molar-refractivity contribution >= 4 is 27.3 Å². The molecule has 0 unspecified atom stereocenters. The number of benzene rings is 2. The number of aryl methyl sites for hydroxylation is 1. The molecule has 2 aromatic carbocycles. The molecule has 0 aliphatic carbocycles. The monoisotopic (exact) mass is 536 g/mol. The highest BCUT2D eigenvalue weighted by Crippen LogP contribution is 2.39. The lowest BCUT2D eigenvalue weighted by Crippen LogP contribution is -2.36. The predicted octanol–water partition coefficient (Wildman–Crippen LogP) is 6.61. The summed E-state index contributed by atoms with van der Waals surface area (Å²) in [7, 11) is -4.27. The summed E-state index contributed by atoms with van der Waals surface area (Å²) in [5, 5.41) is 14.6. The number of fused-ring (bicyclic) bond motifs is 1. The third-order valence-electron chi connectivity index (χ3n) is 5.89. The van der Waals surface area contributed by atoms with E-state index in [1.165, 1.54) is 0 Å². The number of imidazole rings is 1. The molecule has 0 atom stereocenters. The quantitative estimate of drug-likeness (QED) is 0.153. The zero-order valence-corrected chi connectivity index (χ0v) is 23.2. The largest absolute Gasteiger partial charge is 0.378 e. The van der Waals surface area contributed by atoms with Gasteiger partial charge in [-0.3, -0.25) is 14.5 Å². The summed E-state index contributed by atoms with van der Waals surface area (Å²) >= 11 is 0. The second kappa shape index (κ2) is 9.75. The first kappa shape index (κ1) is 27.1. The van der Waals surface area contributed by atoms with Gasteiger partial charge >= 0.3 is 10.1 Å². The Kier molecular flexibility index (Phi) is 6.96. The first-order chi connectivity index (χ1) is 17.7. The minimum Gasteiger partial charge on any atom is -0.378 e. The van der Waals surface area contributed by atoms with Crippen LogP contribution in [0.2, 0.25) is 0 Å². The Morgan fingerprint density at radius 1 is 1.03 bits per heavy atom. The summed E-state index contributed by atoms with van der Waals surface area (Å²) in [6.45, 7) is 12.8. The van der Waals surface area contributed by atoms with Crippen molar-refractivity contribution in [3.63, 3.8) is 0 Å². The number of hydrogen-bond donors (Lipinski definition) is 1. The van der Waals surface area contributed by atoms with Crippen LogP contribution in [0.15, 0.2) is 71.8 Å². The highest BCUT2D eigenvalue weighted by atomic mass is 32.2. The van der Waals surface area contributed by atoms with E-state index in [0.717, 1.165) is 42.1 Å². The normalized spacial score (nSPS) is 12.5. The lowest BCUT2D eigenvalue weighted by Gasteiger charge is -2.34. The maximum atomic E-state index is 13.1. The van der Waals surface area contributed by atoms with E-state index in [9.17, 15) is 18.5 Å². The van der Waals surface area contributed by atoms with Crippen molar-refractivity contribution in [2.75, 3.05) is 5.32 Å². The third-order valence-corrected chi connectivity index (χ3v) is 7.14. The Hall–Kier alpha value is -3.92. The first-order valence-electron chi connectivity index (χ1n) is 12.2. The molecule has 0 aliphatic rings. The van der Waals surface area contributed by atoms with Crippen molar-refractivity contribution in [1.29, 1.82) is 0 Å². The molecular weight excluding hydrogens is 504 g/mol. The van der Waals surface area contributed by atoms with Crippen LogP contribution in [0, 0.1) is 22.5 Å². The van der Waals surface area contributed by atoms with Gasteiger partial charge in [0.1, 0.15) is 22.1 Å². The SMILES string of the molecule is Cc1ccn2c(NC(C)(C)CC(C)(C)C)c(-c3ccccc3OS(=O)(=O)c3ccc([N+](=O)[O-])cc3)nc2c1. The molecule has 0 fully saturated rings. The average molecular weight is 537 g/mol. The van der Waals surface area contributed by atoms with Crippen LogP contribution < -0.4 is 9.50 Å². The molecule has 4 aromatic rings. The van der Waals surface area contributed by atoms with Crippen LogP contribution in [0.1, 0.15) is 46.6 Å². The number of rotatable bonds is 8. The van der Waals surface area contributed by atoms with Crippen LogP contribution in [0.4, 0.5) is 11.5 Å². The number of anilines is 1. The lowest BCUT2D eigenvalue weighted by molar-refractivity contribution is -0.384. The topological polar surface area (TPSA) is 116 Å². The molecule has 0 saturated heterocycles. The molecule has 2 aromatic heterocycles. The number of nitro groups is 1. The van der Waals surface area contributed by atoms with Crippen molar-refractivity contribution in [2.45, 2.75) is 58.4 Å². The summed E-state index contributed by atoms with van der Waals surface area (Å²) < 4.78 is 33.8. The summed E-state index contributed by atoms with van der Waals surface area (Å²) in [5.41, 5.74) is 2.34. The van der Waals surface area contributed by atoms with E-state index in [-0.39, 0.29) is 27.3 Å². The molecule has 200 valence electrons. The van der Waals surface area contributed by atoms with Crippen molar-refractivity contribution < 1.29 is 17.5 Å². The standard InChI is InChI=1S/C28H32N4O5S/c1-19-15-16-31-24(17-19)29-25(26(31)30-28(5,6)18-27(2,3)4)22-9-7-8-10-23(22)37-38(35,36)21-13-11-20(12-14-21)32(33)34/h7-17,30H,18H2,1-6H3. The second-order valence-electron chi connectivity index (χ2n) is 11.3. The molecule has 9 nitrogen and oxygen atoms in total. The Balaban J connectivity index is 1.81. The van der Waals surface area contributed by atoms with Crippen LogP contribution in [-0.4, -0.2) is 28.3 Å². The second-order valence-corrected chi connectivity index (χ2v) is 12.8.